The van der Waals surface area contributed by atoms with Crippen LogP contribution in [0, 0.1) is 5.92 Å². The summed E-state index contributed by atoms with van der Waals surface area (Å²) >= 11 is 0. The number of benzene rings is 1. The highest BCUT2D eigenvalue weighted by Gasteiger charge is 2.13. The molecule has 96 valence electrons. The lowest BCUT2D eigenvalue weighted by Gasteiger charge is -2.10. The Bertz CT molecular complexity index is 495. The van der Waals surface area contributed by atoms with Crippen molar-refractivity contribution in [1.82, 2.24) is 10.3 Å². The molecule has 1 aliphatic carbocycles. The summed E-state index contributed by atoms with van der Waals surface area (Å²) in [5, 5.41) is 4.90. The molecular weight excluding hydrogens is 220 g/mol. The van der Waals surface area contributed by atoms with Crippen molar-refractivity contribution in [3.05, 3.63) is 36.0 Å². The molecule has 0 radical (unpaired) electrons. The quantitative estimate of drug-likeness (QED) is 0.766. The lowest BCUT2D eigenvalue weighted by molar-refractivity contribution is 0.477. The van der Waals surface area contributed by atoms with Crippen LogP contribution in [0.3, 0.4) is 0 Å². The maximum absolute atomic E-state index is 3.59. The summed E-state index contributed by atoms with van der Waals surface area (Å²) in [5.41, 5.74) is 2.66. The molecule has 3 rings (SSSR count). The molecule has 0 aliphatic heterocycles. The Morgan fingerprint density at radius 1 is 1.17 bits per heavy atom. The molecule has 1 aromatic carbocycles. The summed E-state index contributed by atoms with van der Waals surface area (Å²) in [6.07, 6.45) is 9.17. The minimum absolute atomic E-state index is 0.977. The van der Waals surface area contributed by atoms with E-state index in [0.29, 0.717) is 0 Å². The van der Waals surface area contributed by atoms with Gasteiger partial charge in [0.15, 0.2) is 0 Å². The SMILES string of the molecule is c1cc(CNCCC2CCCC2)c2[nH]ccc2c1. The summed E-state index contributed by atoms with van der Waals surface area (Å²) in [4.78, 5) is 3.33. The van der Waals surface area contributed by atoms with Crippen LogP contribution in [0.2, 0.25) is 0 Å². The van der Waals surface area contributed by atoms with Crippen molar-refractivity contribution in [3.8, 4) is 0 Å². The molecule has 2 N–H and O–H groups in total. The van der Waals surface area contributed by atoms with Gasteiger partial charge in [0, 0.05) is 18.3 Å². The normalized spacial score (nSPS) is 16.7. The van der Waals surface area contributed by atoms with Crippen molar-refractivity contribution in [3.63, 3.8) is 0 Å². The zero-order chi connectivity index (χ0) is 12.2. The number of fused-ring (bicyclic) bond motifs is 1. The molecule has 1 saturated carbocycles. The van der Waals surface area contributed by atoms with E-state index in [9.17, 15) is 0 Å². The highest BCUT2D eigenvalue weighted by Crippen LogP contribution is 2.27. The molecule has 0 amide bonds. The second-order valence-electron chi connectivity index (χ2n) is 5.47. The predicted molar refractivity (Wildman–Crippen MR) is 76.6 cm³/mol. The standard InChI is InChI=1S/C16H22N2/c1-2-5-13(4-1)8-10-17-12-15-7-3-6-14-9-11-18-16(14)15/h3,6-7,9,11,13,17-18H,1-2,4-5,8,10,12H2. The first-order valence-electron chi connectivity index (χ1n) is 7.19. The molecular formula is C16H22N2. The fraction of sp³-hybridized carbons (Fsp3) is 0.500. The van der Waals surface area contributed by atoms with E-state index in [2.05, 4.69) is 34.6 Å². The monoisotopic (exact) mass is 242 g/mol. The maximum Gasteiger partial charge on any atom is 0.0499 e. The number of H-pyrrole nitrogens is 1. The third kappa shape index (κ3) is 2.59. The average Bonchev–Trinajstić information content (AvgIpc) is 3.05. The zero-order valence-electron chi connectivity index (χ0n) is 10.9. The van der Waals surface area contributed by atoms with Crippen LogP contribution in [0.4, 0.5) is 0 Å². The van der Waals surface area contributed by atoms with Gasteiger partial charge < -0.3 is 10.3 Å². The van der Waals surface area contributed by atoms with Crippen LogP contribution in [0.1, 0.15) is 37.7 Å². The summed E-state index contributed by atoms with van der Waals surface area (Å²) in [6.45, 7) is 2.13. The molecule has 2 aromatic rings. The number of aromatic amines is 1. The van der Waals surface area contributed by atoms with Crippen LogP contribution in [0.25, 0.3) is 10.9 Å². The smallest absolute Gasteiger partial charge is 0.0499 e. The highest BCUT2D eigenvalue weighted by atomic mass is 14.9. The lowest BCUT2D eigenvalue weighted by atomic mass is 10.0. The Labute approximate surface area is 109 Å². The van der Waals surface area contributed by atoms with Gasteiger partial charge in [-0.1, -0.05) is 43.9 Å². The Morgan fingerprint density at radius 3 is 2.94 bits per heavy atom. The van der Waals surface area contributed by atoms with Gasteiger partial charge in [-0.05, 0) is 35.9 Å². The van der Waals surface area contributed by atoms with Gasteiger partial charge in [-0.2, -0.15) is 0 Å². The number of nitrogens with one attached hydrogen (secondary N) is 2. The number of aromatic nitrogens is 1. The van der Waals surface area contributed by atoms with Gasteiger partial charge in [0.05, 0.1) is 0 Å². The Kier molecular flexibility index (Phi) is 3.65. The van der Waals surface area contributed by atoms with E-state index in [1.165, 1.54) is 48.6 Å². The minimum Gasteiger partial charge on any atom is -0.361 e. The van der Waals surface area contributed by atoms with Crippen molar-refractivity contribution >= 4 is 10.9 Å². The van der Waals surface area contributed by atoms with Crippen LogP contribution >= 0.6 is 0 Å². The molecule has 1 aliphatic rings. The molecule has 2 heteroatoms. The van der Waals surface area contributed by atoms with Crippen molar-refractivity contribution in [2.75, 3.05) is 6.54 Å². The van der Waals surface area contributed by atoms with Gasteiger partial charge in [0.1, 0.15) is 0 Å². The van der Waals surface area contributed by atoms with E-state index in [1.807, 2.05) is 6.20 Å². The number of para-hydroxylation sites is 1. The Balaban J connectivity index is 1.51. The van der Waals surface area contributed by atoms with E-state index in [1.54, 1.807) is 0 Å². The molecule has 0 atom stereocenters. The van der Waals surface area contributed by atoms with Gasteiger partial charge in [0.25, 0.3) is 0 Å². The van der Waals surface area contributed by atoms with Crippen molar-refractivity contribution in [1.29, 1.82) is 0 Å². The largest absolute Gasteiger partial charge is 0.361 e. The molecule has 0 spiro atoms. The lowest BCUT2D eigenvalue weighted by Crippen LogP contribution is -2.17. The average molecular weight is 242 g/mol. The number of rotatable bonds is 5. The van der Waals surface area contributed by atoms with Crippen LogP contribution in [0.5, 0.6) is 0 Å². The first-order chi connectivity index (χ1) is 8.93. The van der Waals surface area contributed by atoms with E-state index in [-0.39, 0.29) is 0 Å². The van der Waals surface area contributed by atoms with E-state index < -0.39 is 0 Å². The van der Waals surface area contributed by atoms with Crippen molar-refractivity contribution < 1.29 is 0 Å². The topological polar surface area (TPSA) is 27.8 Å². The van der Waals surface area contributed by atoms with E-state index >= 15 is 0 Å². The Morgan fingerprint density at radius 2 is 2.06 bits per heavy atom. The summed E-state index contributed by atoms with van der Waals surface area (Å²) < 4.78 is 0. The third-order valence-electron chi connectivity index (χ3n) is 4.19. The molecule has 0 saturated heterocycles. The maximum atomic E-state index is 3.59. The first-order valence-corrected chi connectivity index (χ1v) is 7.19. The van der Waals surface area contributed by atoms with Gasteiger partial charge >= 0.3 is 0 Å². The van der Waals surface area contributed by atoms with Crippen molar-refractivity contribution in [2.45, 2.75) is 38.6 Å². The molecule has 1 fully saturated rings. The summed E-state index contributed by atoms with van der Waals surface area (Å²) in [6, 6.07) is 8.65. The van der Waals surface area contributed by atoms with Crippen LogP contribution < -0.4 is 5.32 Å². The summed E-state index contributed by atoms with van der Waals surface area (Å²) in [5.74, 6) is 0.985. The zero-order valence-corrected chi connectivity index (χ0v) is 10.9. The van der Waals surface area contributed by atoms with Crippen LogP contribution in [-0.4, -0.2) is 11.5 Å². The molecule has 1 aromatic heterocycles. The van der Waals surface area contributed by atoms with Gasteiger partial charge in [-0.3, -0.25) is 0 Å². The van der Waals surface area contributed by atoms with Gasteiger partial charge in [-0.15, -0.1) is 0 Å². The van der Waals surface area contributed by atoms with Crippen molar-refractivity contribution in [2.24, 2.45) is 5.92 Å². The second kappa shape index (κ2) is 5.57. The van der Waals surface area contributed by atoms with Gasteiger partial charge in [-0.25, -0.2) is 0 Å². The summed E-state index contributed by atoms with van der Waals surface area (Å²) in [7, 11) is 0. The predicted octanol–water partition coefficient (Wildman–Crippen LogP) is 3.84. The van der Waals surface area contributed by atoms with Crippen LogP contribution in [0.15, 0.2) is 30.5 Å². The van der Waals surface area contributed by atoms with Gasteiger partial charge in [0.2, 0.25) is 0 Å². The molecule has 0 unspecified atom stereocenters. The second-order valence-corrected chi connectivity index (χ2v) is 5.47. The first kappa shape index (κ1) is 11.8. The molecule has 1 heterocycles. The number of hydrogen-bond acceptors (Lipinski definition) is 1. The molecule has 2 nitrogen and oxygen atoms in total. The fourth-order valence-corrected chi connectivity index (χ4v) is 3.13. The Hall–Kier alpha value is -1.28. The molecule has 18 heavy (non-hydrogen) atoms. The fourth-order valence-electron chi connectivity index (χ4n) is 3.13. The van der Waals surface area contributed by atoms with E-state index in [4.69, 9.17) is 0 Å². The minimum atomic E-state index is 0.977. The van der Waals surface area contributed by atoms with E-state index in [0.717, 1.165) is 19.0 Å². The third-order valence-corrected chi connectivity index (χ3v) is 4.19. The molecule has 0 bridgehead atoms. The van der Waals surface area contributed by atoms with Crippen LogP contribution in [-0.2, 0) is 6.54 Å². The number of hydrogen-bond donors (Lipinski definition) is 2. The highest BCUT2D eigenvalue weighted by molar-refractivity contribution is 5.82.